The highest BCUT2D eigenvalue weighted by molar-refractivity contribution is 4.79. The van der Waals surface area contributed by atoms with E-state index in [0.29, 0.717) is 0 Å². The van der Waals surface area contributed by atoms with Crippen molar-refractivity contribution in [3.8, 4) is 0 Å². The molecule has 0 spiro atoms. The van der Waals surface area contributed by atoms with Crippen molar-refractivity contribution in [2.45, 2.75) is 130 Å². The van der Waals surface area contributed by atoms with Gasteiger partial charge in [0.2, 0.25) is 12.7 Å². The van der Waals surface area contributed by atoms with Gasteiger partial charge in [-0.3, -0.25) is 0 Å². The third-order valence-electron chi connectivity index (χ3n) is 6.01. The third-order valence-corrected chi connectivity index (χ3v) is 6.01. The molecule has 4 nitrogen and oxygen atoms in total. The zero-order chi connectivity index (χ0) is 22.0. The Morgan fingerprint density at radius 2 is 0.781 bits per heavy atom. The fraction of sp³-hybridized carbons (Fsp3) is 0.769. The van der Waals surface area contributed by atoms with Crippen LogP contribution in [0.1, 0.15) is 106 Å². The van der Waals surface area contributed by atoms with Crippen molar-refractivity contribution >= 4 is 0 Å². The minimum absolute atomic E-state index is 0. The quantitative estimate of drug-likeness (QED) is 0.236. The van der Waals surface area contributed by atoms with Gasteiger partial charge in [0.05, 0.1) is 13.1 Å². The Hall–Kier alpha value is -0.620. The highest BCUT2D eigenvalue weighted by Crippen LogP contribution is 2.13. The third kappa shape index (κ3) is 12.0. The van der Waals surface area contributed by atoms with Crippen LogP contribution >= 0.6 is 0 Å². The fourth-order valence-electron chi connectivity index (χ4n) is 3.85. The molecular weight excluding hydrogens is 528 g/mol. The summed E-state index contributed by atoms with van der Waals surface area (Å²) in [7, 11) is 0. The van der Waals surface area contributed by atoms with Gasteiger partial charge in [0.1, 0.15) is 35.9 Å². The van der Waals surface area contributed by atoms with Crippen LogP contribution < -0.4 is 43.1 Å². The van der Waals surface area contributed by atoms with Crippen LogP contribution in [0.2, 0.25) is 0 Å². The molecule has 0 saturated carbocycles. The molecule has 0 bridgehead atoms. The molecule has 6 heteroatoms. The highest BCUT2D eigenvalue weighted by atomic mass is 79.9. The van der Waals surface area contributed by atoms with Gasteiger partial charge in [-0.2, -0.15) is 0 Å². The average Bonchev–Trinajstić information content (AvgIpc) is 3.31. The van der Waals surface area contributed by atoms with E-state index in [1.54, 1.807) is 0 Å². The summed E-state index contributed by atoms with van der Waals surface area (Å²) in [5.74, 6) is 0. The second-order valence-corrected chi connectivity index (χ2v) is 11.0. The molecule has 0 aromatic carbocycles. The number of nitrogens with zero attached hydrogens (tertiary/aromatic N) is 4. The van der Waals surface area contributed by atoms with Crippen LogP contribution in [0.4, 0.5) is 0 Å². The SMILES string of the molecule is CC(C)(C)n1cc[n+](CCCCCCCCCCCC[n+]2ccn(C(C)(C)C)c2)c1.[Br-].[Br-]. The minimum Gasteiger partial charge on any atom is -1.00 e. The number of aryl methyl sites for hydroxylation is 2. The zero-order valence-corrected chi connectivity index (χ0v) is 24.7. The number of halogens is 2. The lowest BCUT2D eigenvalue weighted by atomic mass is 10.1. The van der Waals surface area contributed by atoms with Crippen molar-refractivity contribution < 1.29 is 43.1 Å². The Morgan fingerprint density at radius 3 is 1.03 bits per heavy atom. The predicted molar refractivity (Wildman–Crippen MR) is 125 cm³/mol. The van der Waals surface area contributed by atoms with Crippen LogP contribution in [-0.4, -0.2) is 9.13 Å². The van der Waals surface area contributed by atoms with Crippen molar-refractivity contribution in [2.75, 3.05) is 0 Å². The molecular formula is C26H48Br2N4. The first-order valence-corrected chi connectivity index (χ1v) is 12.3. The highest BCUT2D eigenvalue weighted by Gasteiger charge is 2.19. The molecule has 0 unspecified atom stereocenters. The van der Waals surface area contributed by atoms with Crippen LogP contribution in [0.3, 0.4) is 0 Å². The predicted octanol–water partition coefficient (Wildman–Crippen LogP) is -0.0162. The molecule has 32 heavy (non-hydrogen) atoms. The van der Waals surface area contributed by atoms with Crippen LogP contribution in [0, 0.1) is 0 Å². The van der Waals surface area contributed by atoms with Crippen LogP contribution in [0.5, 0.6) is 0 Å². The Morgan fingerprint density at radius 1 is 0.500 bits per heavy atom. The number of hydrogen-bond donors (Lipinski definition) is 0. The summed E-state index contributed by atoms with van der Waals surface area (Å²) in [6.07, 6.45) is 27.1. The summed E-state index contributed by atoms with van der Waals surface area (Å²) in [5, 5.41) is 0. The van der Waals surface area contributed by atoms with Gasteiger partial charge < -0.3 is 34.0 Å². The van der Waals surface area contributed by atoms with Gasteiger partial charge in [0.15, 0.2) is 0 Å². The smallest absolute Gasteiger partial charge is 0.244 e. The van der Waals surface area contributed by atoms with Gasteiger partial charge in [0.25, 0.3) is 0 Å². The number of rotatable bonds is 13. The summed E-state index contributed by atoms with van der Waals surface area (Å²) < 4.78 is 9.27. The normalized spacial score (nSPS) is 11.8. The van der Waals surface area contributed by atoms with Crippen molar-refractivity contribution in [3.05, 3.63) is 37.4 Å². The van der Waals surface area contributed by atoms with E-state index in [0.717, 1.165) is 13.1 Å². The summed E-state index contributed by atoms with van der Waals surface area (Å²) in [6, 6.07) is 0. The topological polar surface area (TPSA) is 17.6 Å². The van der Waals surface area contributed by atoms with E-state index in [1.807, 2.05) is 0 Å². The van der Waals surface area contributed by atoms with Gasteiger partial charge in [-0.15, -0.1) is 0 Å². The van der Waals surface area contributed by atoms with E-state index < -0.39 is 0 Å². The van der Waals surface area contributed by atoms with Crippen LogP contribution in [0.15, 0.2) is 37.4 Å². The Balaban J connectivity index is 0.00000480. The Labute approximate surface area is 219 Å². The molecule has 2 rings (SSSR count). The largest absolute Gasteiger partial charge is 1.00 e. The monoisotopic (exact) mass is 574 g/mol. The van der Waals surface area contributed by atoms with Gasteiger partial charge in [0, 0.05) is 0 Å². The second kappa shape index (κ2) is 15.3. The molecule has 2 aromatic rings. The molecule has 186 valence electrons. The Bertz CT molecular complexity index is 661. The van der Waals surface area contributed by atoms with Gasteiger partial charge >= 0.3 is 0 Å². The maximum Gasteiger partial charge on any atom is 0.244 e. The van der Waals surface area contributed by atoms with E-state index in [2.05, 4.69) is 97.3 Å². The van der Waals surface area contributed by atoms with Crippen molar-refractivity contribution in [1.29, 1.82) is 0 Å². The molecule has 0 N–H and O–H groups in total. The molecule has 0 atom stereocenters. The van der Waals surface area contributed by atoms with Crippen molar-refractivity contribution in [1.82, 2.24) is 9.13 Å². The molecule has 0 radical (unpaired) electrons. The molecule has 2 aromatic heterocycles. The maximum atomic E-state index is 2.33. The van der Waals surface area contributed by atoms with Crippen LogP contribution in [-0.2, 0) is 24.2 Å². The van der Waals surface area contributed by atoms with Gasteiger partial charge in [-0.05, 0) is 67.2 Å². The average molecular weight is 577 g/mol. The van der Waals surface area contributed by atoms with Crippen LogP contribution in [0.25, 0.3) is 0 Å². The maximum absolute atomic E-state index is 2.33. The number of hydrogen-bond acceptors (Lipinski definition) is 0. The molecule has 0 saturated heterocycles. The van der Waals surface area contributed by atoms with Gasteiger partial charge in [-0.25, -0.2) is 18.3 Å². The lowest BCUT2D eigenvalue weighted by molar-refractivity contribution is -0.697. The van der Waals surface area contributed by atoms with E-state index in [1.165, 1.54) is 64.2 Å². The van der Waals surface area contributed by atoms with Crippen molar-refractivity contribution in [3.63, 3.8) is 0 Å². The fourth-order valence-corrected chi connectivity index (χ4v) is 3.85. The molecule has 0 aliphatic rings. The molecule has 2 heterocycles. The first kappa shape index (κ1) is 31.4. The van der Waals surface area contributed by atoms with E-state index in [9.17, 15) is 0 Å². The second-order valence-electron chi connectivity index (χ2n) is 11.0. The number of imidazole rings is 2. The zero-order valence-electron chi connectivity index (χ0n) is 21.5. The lowest BCUT2D eigenvalue weighted by Crippen LogP contribution is -3.00. The lowest BCUT2D eigenvalue weighted by Gasteiger charge is -2.13. The van der Waals surface area contributed by atoms with E-state index in [4.69, 9.17) is 0 Å². The standard InChI is InChI=1S/C26H48N4.2BrH/c1-25(2,3)29-21-19-27(23-29)17-15-13-11-9-7-8-10-12-14-16-18-28-20-22-30(24-28)26(4,5)6;;/h19-24H,7-18H2,1-6H3;2*1H/q+2;;/p-2. The summed E-state index contributed by atoms with van der Waals surface area (Å²) in [5.41, 5.74) is 0.366. The van der Waals surface area contributed by atoms with Crippen molar-refractivity contribution in [2.24, 2.45) is 0 Å². The number of unbranched alkanes of at least 4 members (excludes halogenated alkanes) is 9. The Kier molecular flexibility index (Phi) is 15.0. The van der Waals surface area contributed by atoms with E-state index >= 15 is 0 Å². The first-order chi connectivity index (χ1) is 14.2. The summed E-state index contributed by atoms with van der Waals surface area (Å²) in [4.78, 5) is 0. The molecule has 0 amide bonds. The molecule has 0 fully saturated rings. The van der Waals surface area contributed by atoms with Gasteiger partial charge in [-0.1, -0.05) is 38.5 Å². The first-order valence-electron chi connectivity index (χ1n) is 12.3. The molecule has 0 aliphatic carbocycles. The minimum atomic E-state index is 0. The summed E-state index contributed by atoms with van der Waals surface area (Å²) in [6.45, 7) is 15.8. The van der Waals surface area contributed by atoms with E-state index in [-0.39, 0.29) is 45.0 Å². The number of aromatic nitrogens is 4. The molecule has 0 aliphatic heterocycles. The summed E-state index contributed by atoms with van der Waals surface area (Å²) >= 11 is 0.